The molecule has 2 N–H and O–H groups in total. The van der Waals surface area contributed by atoms with E-state index >= 15 is 0 Å². The minimum atomic E-state index is -3.57. The molecule has 1 aromatic heterocycles. The summed E-state index contributed by atoms with van der Waals surface area (Å²) >= 11 is 0. The van der Waals surface area contributed by atoms with Crippen LogP contribution in [0.15, 0.2) is 32.3 Å². The van der Waals surface area contributed by atoms with Crippen LogP contribution in [0.1, 0.15) is 32.1 Å². The van der Waals surface area contributed by atoms with E-state index in [0.717, 1.165) is 25.7 Å². The van der Waals surface area contributed by atoms with Gasteiger partial charge in [0, 0.05) is 12.1 Å². The van der Waals surface area contributed by atoms with Gasteiger partial charge in [0.15, 0.2) is 5.58 Å². The fraction of sp³-hybridized carbons (Fsp3) is 0.462. The van der Waals surface area contributed by atoms with Crippen molar-refractivity contribution in [2.45, 2.75) is 43.0 Å². The van der Waals surface area contributed by atoms with Gasteiger partial charge in [0.05, 0.1) is 10.4 Å². The number of oxazole rings is 1. The monoisotopic (exact) mass is 296 g/mol. The highest BCUT2D eigenvalue weighted by Gasteiger charge is 2.22. The standard InChI is InChI=1S/C13H16N2O4S/c16-13-14-11-7-6-10(8-12(11)19-13)20(17,18)15-9-4-2-1-3-5-9/h6-9,15H,1-5H2,(H,14,16). The molecule has 1 aliphatic rings. The van der Waals surface area contributed by atoms with Crippen LogP contribution in [0.4, 0.5) is 0 Å². The van der Waals surface area contributed by atoms with E-state index in [1.165, 1.54) is 24.6 Å². The van der Waals surface area contributed by atoms with Crippen molar-refractivity contribution in [3.63, 3.8) is 0 Å². The van der Waals surface area contributed by atoms with Gasteiger partial charge in [-0.3, -0.25) is 4.98 Å². The molecule has 6 nitrogen and oxygen atoms in total. The largest absolute Gasteiger partial charge is 0.417 e. The summed E-state index contributed by atoms with van der Waals surface area (Å²) < 4.78 is 32.2. The van der Waals surface area contributed by atoms with Crippen molar-refractivity contribution in [1.29, 1.82) is 0 Å². The zero-order valence-electron chi connectivity index (χ0n) is 10.9. The predicted molar refractivity (Wildman–Crippen MR) is 74.0 cm³/mol. The summed E-state index contributed by atoms with van der Waals surface area (Å²) in [4.78, 5) is 13.7. The van der Waals surface area contributed by atoms with Crippen molar-refractivity contribution in [1.82, 2.24) is 9.71 Å². The van der Waals surface area contributed by atoms with Crippen LogP contribution in [0.5, 0.6) is 0 Å². The molecule has 3 rings (SSSR count). The normalized spacial score (nSPS) is 17.6. The maximum absolute atomic E-state index is 12.3. The highest BCUT2D eigenvalue weighted by molar-refractivity contribution is 7.89. The second kappa shape index (κ2) is 5.06. The molecule has 2 aromatic rings. The van der Waals surface area contributed by atoms with Gasteiger partial charge in [0.2, 0.25) is 10.0 Å². The number of fused-ring (bicyclic) bond motifs is 1. The molecule has 0 spiro atoms. The number of H-pyrrole nitrogens is 1. The van der Waals surface area contributed by atoms with Crippen molar-refractivity contribution in [3.05, 3.63) is 28.7 Å². The van der Waals surface area contributed by atoms with Crippen molar-refractivity contribution in [3.8, 4) is 0 Å². The third-order valence-electron chi connectivity index (χ3n) is 3.63. The van der Waals surface area contributed by atoms with Crippen LogP contribution in [-0.4, -0.2) is 19.4 Å². The van der Waals surface area contributed by atoms with Crippen molar-refractivity contribution in [2.24, 2.45) is 0 Å². The fourth-order valence-corrected chi connectivity index (χ4v) is 3.92. The highest BCUT2D eigenvalue weighted by Crippen LogP contribution is 2.21. The zero-order valence-corrected chi connectivity index (χ0v) is 11.7. The molecule has 0 amide bonds. The Morgan fingerprint density at radius 3 is 2.70 bits per heavy atom. The number of hydrogen-bond acceptors (Lipinski definition) is 4. The number of rotatable bonds is 3. The van der Waals surface area contributed by atoms with Crippen molar-refractivity contribution >= 4 is 21.1 Å². The molecule has 0 saturated heterocycles. The Balaban J connectivity index is 1.89. The van der Waals surface area contributed by atoms with Crippen LogP contribution >= 0.6 is 0 Å². The molecule has 0 atom stereocenters. The maximum atomic E-state index is 12.3. The lowest BCUT2D eigenvalue weighted by atomic mass is 9.96. The van der Waals surface area contributed by atoms with Gasteiger partial charge >= 0.3 is 5.76 Å². The van der Waals surface area contributed by atoms with E-state index in [1.807, 2.05) is 0 Å². The summed E-state index contributed by atoms with van der Waals surface area (Å²) in [6.45, 7) is 0. The first-order valence-corrected chi connectivity index (χ1v) is 8.18. The Morgan fingerprint density at radius 2 is 1.95 bits per heavy atom. The molecule has 7 heteroatoms. The van der Waals surface area contributed by atoms with Crippen LogP contribution < -0.4 is 10.5 Å². The molecule has 108 valence electrons. The summed E-state index contributed by atoms with van der Waals surface area (Å²) in [5, 5.41) is 0. The van der Waals surface area contributed by atoms with Crippen molar-refractivity contribution in [2.75, 3.05) is 0 Å². The van der Waals surface area contributed by atoms with Gasteiger partial charge in [-0.15, -0.1) is 0 Å². The van der Waals surface area contributed by atoms with E-state index in [0.29, 0.717) is 5.52 Å². The lowest BCUT2D eigenvalue weighted by molar-refractivity contribution is 0.412. The van der Waals surface area contributed by atoms with E-state index in [1.54, 1.807) is 0 Å². The molecule has 1 heterocycles. The van der Waals surface area contributed by atoms with Crippen LogP contribution in [0.25, 0.3) is 11.1 Å². The Hall–Kier alpha value is -1.60. The Labute approximate surface area is 116 Å². The van der Waals surface area contributed by atoms with Crippen LogP contribution in [0.3, 0.4) is 0 Å². The summed E-state index contributed by atoms with van der Waals surface area (Å²) in [6.07, 6.45) is 5.03. The van der Waals surface area contributed by atoms with Gasteiger partial charge in [-0.05, 0) is 25.0 Å². The quantitative estimate of drug-likeness (QED) is 0.902. The zero-order chi connectivity index (χ0) is 14.2. The van der Waals surface area contributed by atoms with Crippen molar-refractivity contribution < 1.29 is 12.8 Å². The van der Waals surface area contributed by atoms with Gasteiger partial charge in [-0.1, -0.05) is 19.3 Å². The molecule has 1 fully saturated rings. The fourth-order valence-electron chi connectivity index (χ4n) is 2.60. The van der Waals surface area contributed by atoms with Crippen LogP contribution in [0, 0.1) is 0 Å². The first kappa shape index (κ1) is 13.4. The minimum Gasteiger partial charge on any atom is -0.408 e. The molecule has 0 aliphatic heterocycles. The van der Waals surface area contributed by atoms with Gasteiger partial charge in [-0.2, -0.15) is 0 Å². The lowest BCUT2D eigenvalue weighted by Gasteiger charge is -2.22. The summed E-state index contributed by atoms with van der Waals surface area (Å²) in [7, 11) is -3.57. The first-order valence-electron chi connectivity index (χ1n) is 6.70. The van der Waals surface area contributed by atoms with E-state index in [4.69, 9.17) is 4.42 Å². The number of benzene rings is 1. The second-order valence-electron chi connectivity index (χ2n) is 5.13. The minimum absolute atomic E-state index is 0.00248. The van der Waals surface area contributed by atoms with Crippen LogP contribution in [0.2, 0.25) is 0 Å². The smallest absolute Gasteiger partial charge is 0.408 e. The van der Waals surface area contributed by atoms with Gasteiger partial charge in [-0.25, -0.2) is 17.9 Å². The molecule has 0 radical (unpaired) electrons. The molecule has 1 saturated carbocycles. The first-order chi connectivity index (χ1) is 9.54. The molecule has 1 aliphatic carbocycles. The second-order valence-corrected chi connectivity index (χ2v) is 6.84. The number of aromatic amines is 1. The molecular weight excluding hydrogens is 280 g/mol. The van der Waals surface area contributed by atoms with E-state index < -0.39 is 15.8 Å². The number of hydrogen-bond donors (Lipinski definition) is 2. The van der Waals surface area contributed by atoms with Gasteiger partial charge in [0.1, 0.15) is 0 Å². The summed E-state index contributed by atoms with van der Waals surface area (Å²) in [5.41, 5.74) is 0.744. The Morgan fingerprint density at radius 1 is 1.20 bits per heavy atom. The summed E-state index contributed by atoms with van der Waals surface area (Å²) in [5.74, 6) is -0.588. The molecular formula is C13H16N2O4S. The maximum Gasteiger partial charge on any atom is 0.417 e. The number of nitrogens with one attached hydrogen (secondary N) is 2. The highest BCUT2D eigenvalue weighted by atomic mass is 32.2. The predicted octanol–water partition coefficient (Wildman–Crippen LogP) is 1.73. The summed E-state index contributed by atoms with van der Waals surface area (Å²) in [6, 6.07) is 4.38. The van der Waals surface area contributed by atoms with Gasteiger partial charge < -0.3 is 4.42 Å². The number of sulfonamides is 1. The topological polar surface area (TPSA) is 92.2 Å². The van der Waals surface area contributed by atoms with E-state index in [9.17, 15) is 13.2 Å². The van der Waals surface area contributed by atoms with Gasteiger partial charge in [0.25, 0.3) is 0 Å². The van der Waals surface area contributed by atoms with E-state index in [2.05, 4.69) is 9.71 Å². The SMILES string of the molecule is O=c1[nH]c2ccc(S(=O)(=O)NC3CCCCC3)cc2o1. The Bertz CT molecular complexity index is 769. The van der Waals surface area contributed by atoms with E-state index in [-0.39, 0.29) is 16.5 Å². The molecule has 20 heavy (non-hydrogen) atoms. The third-order valence-corrected chi connectivity index (χ3v) is 5.15. The average molecular weight is 296 g/mol. The third kappa shape index (κ3) is 2.64. The average Bonchev–Trinajstić information content (AvgIpc) is 2.78. The number of aromatic nitrogens is 1. The molecule has 0 bridgehead atoms. The molecule has 1 aromatic carbocycles. The van der Waals surface area contributed by atoms with Crippen LogP contribution in [-0.2, 0) is 10.0 Å². The Kier molecular flexibility index (Phi) is 3.39. The molecule has 0 unspecified atom stereocenters. The lowest BCUT2D eigenvalue weighted by Crippen LogP contribution is -2.36.